The molecule has 0 bridgehead atoms. The lowest BCUT2D eigenvalue weighted by Crippen LogP contribution is -2.34. The summed E-state index contributed by atoms with van der Waals surface area (Å²) in [4.78, 5) is 15.7. The third-order valence-electron chi connectivity index (χ3n) is 3.26. The zero-order valence-corrected chi connectivity index (χ0v) is 11.8. The summed E-state index contributed by atoms with van der Waals surface area (Å²) in [6.07, 6.45) is 7.07. The molecule has 0 aliphatic carbocycles. The second-order valence-corrected chi connectivity index (χ2v) is 4.60. The number of aromatic nitrogens is 2. The van der Waals surface area contributed by atoms with Crippen LogP contribution in [0.3, 0.4) is 0 Å². The third kappa shape index (κ3) is 4.87. The standard InChI is InChI=1S/C14H23N3O2/c1-4-11(3)12(18)10-16-14(19)7-6-13-15-8-9-17(13)5-2/h6-9,11-12,18H,4-5,10H2,1-3H3,(H,16,19)/b7-6+. The monoisotopic (exact) mass is 265 g/mol. The van der Waals surface area contributed by atoms with Crippen LogP contribution in [0.4, 0.5) is 0 Å². The molecule has 1 rings (SSSR count). The van der Waals surface area contributed by atoms with Crippen LogP contribution < -0.4 is 5.32 Å². The highest BCUT2D eigenvalue weighted by molar-refractivity contribution is 5.91. The first-order valence-corrected chi connectivity index (χ1v) is 6.73. The number of nitrogens with zero attached hydrogens (tertiary/aromatic N) is 2. The lowest BCUT2D eigenvalue weighted by atomic mass is 10.0. The second-order valence-electron chi connectivity index (χ2n) is 4.60. The molecule has 0 saturated heterocycles. The van der Waals surface area contributed by atoms with Crippen molar-refractivity contribution in [2.75, 3.05) is 6.54 Å². The molecule has 0 radical (unpaired) electrons. The first-order chi connectivity index (χ1) is 9.08. The van der Waals surface area contributed by atoms with Gasteiger partial charge in [0, 0.05) is 31.6 Å². The van der Waals surface area contributed by atoms with E-state index in [0.717, 1.165) is 18.8 Å². The van der Waals surface area contributed by atoms with Gasteiger partial charge in [-0.25, -0.2) is 4.98 Å². The Morgan fingerprint density at radius 1 is 1.58 bits per heavy atom. The van der Waals surface area contributed by atoms with Crippen LogP contribution >= 0.6 is 0 Å². The summed E-state index contributed by atoms with van der Waals surface area (Å²) >= 11 is 0. The highest BCUT2D eigenvalue weighted by Gasteiger charge is 2.12. The smallest absolute Gasteiger partial charge is 0.244 e. The van der Waals surface area contributed by atoms with Crippen molar-refractivity contribution in [3.05, 3.63) is 24.3 Å². The zero-order valence-electron chi connectivity index (χ0n) is 11.8. The number of amides is 1. The molecule has 0 aliphatic rings. The molecular weight excluding hydrogens is 242 g/mol. The van der Waals surface area contributed by atoms with E-state index < -0.39 is 6.10 Å². The van der Waals surface area contributed by atoms with Gasteiger partial charge in [0.25, 0.3) is 0 Å². The molecule has 5 heteroatoms. The number of hydrogen-bond donors (Lipinski definition) is 2. The molecular formula is C14H23N3O2. The maximum absolute atomic E-state index is 11.6. The Labute approximate surface area is 114 Å². The number of aliphatic hydroxyl groups is 1. The topological polar surface area (TPSA) is 67.2 Å². The van der Waals surface area contributed by atoms with Crippen molar-refractivity contribution in [1.82, 2.24) is 14.9 Å². The molecule has 106 valence electrons. The first-order valence-electron chi connectivity index (χ1n) is 6.73. The van der Waals surface area contributed by atoms with Crippen molar-refractivity contribution in [1.29, 1.82) is 0 Å². The van der Waals surface area contributed by atoms with Crippen LogP contribution in [-0.2, 0) is 11.3 Å². The number of rotatable bonds is 7. The van der Waals surface area contributed by atoms with Crippen LogP contribution in [0.1, 0.15) is 33.0 Å². The number of nitrogens with one attached hydrogen (secondary N) is 1. The number of carbonyl (C=O) groups excluding carboxylic acids is 1. The van der Waals surface area contributed by atoms with E-state index in [1.807, 2.05) is 31.5 Å². The third-order valence-corrected chi connectivity index (χ3v) is 3.26. The van der Waals surface area contributed by atoms with Crippen molar-refractivity contribution in [2.24, 2.45) is 5.92 Å². The van der Waals surface area contributed by atoms with E-state index >= 15 is 0 Å². The van der Waals surface area contributed by atoms with Crippen LogP contribution in [0.5, 0.6) is 0 Å². The van der Waals surface area contributed by atoms with Gasteiger partial charge in [-0.3, -0.25) is 4.79 Å². The van der Waals surface area contributed by atoms with Crippen LogP contribution in [0.2, 0.25) is 0 Å². The van der Waals surface area contributed by atoms with Gasteiger partial charge < -0.3 is 15.0 Å². The van der Waals surface area contributed by atoms with E-state index in [1.54, 1.807) is 12.3 Å². The second kappa shape index (κ2) is 7.74. The van der Waals surface area contributed by atoms with Gasteiger partial charge in [0.2, 0.25) is 5.91 Å². The maximum atomic E-state index is 11.6. The van der Waals surface area contributed by atoms with Crippen molar-refractivity contribution in [3.8, 4) is 0 Å². The van der Waals surface area contributed by atoms with E-state index in [2.05, 4.69) is 10.3 Å². The van der Waals surface area contributed by atoms with E-state index in [9.17, 15) is 9.90 Å². The highest BCUT2D eigenvalue weighted by Crippen LogP contribution is 2.06. The Morgan fingerprint density at radius 2 is 2.32 bits per heavy atom. The molecule has 1 amide bonds. The molecule has 2 atom stereocenters. The Balaban J connectivity index is 2.43. The summed E-state index contributed by atoms with van der Waals surface area (Å²) < 4.78 is 1.94. The summed E-state index contributed by atoms with van der Waals surface area (Å²) in [6.45, 7) is 7.08. The summed E-state index contributed by atoms with van der Waals surface area (Å²) in [6, 6.07) is 0. The van der Waals surface area contributed by atoms with Gasteiger partial charge >= 0.3 is 0 Å². The summed E-state index contributed by atoms with van der Waals surface area (Å²) in [5.41, 5.74) is 0. The number of aliphatic hydroxyl groups excluding tert-OH is 1. The van der Waals surface area contributed by atoms with Gasteiger partial charge in [-0.1, -0.05) is 20.3 Å². The molecule has 0 aliphatic heterocycles. The van der Waals surface area contributed by atoms with Crippen LogP contribution in [0.15, 0.2) is 18.5 Å². The van der Waals surface area contributed by atoms with Crippen LogP contribution in [-0.4, -0.2) is 33.2 Å². The molecule has 19 heavy (non-hydrogen) atoms. The molecule has 1 aromatic rings. The molecule has 1 heterocycles. The summed E-state index contributed by atoms with van der Waals surface area (Å²) in [7, 11) is 0. The average Bonchev–Trinajstić information content (AvgIpc) is 2.88. The normalized spacial score (nSPS) is 14.5. The number of carbonyl (C=O) groups is 1. The van der Waals surface area contributed by atoms with Gasteiger partial charge in [0.15, 0.2) is 0 Å². The fourth-order valence-electron chi connectivity index (χ4n) is 1.63. The number of aryl methyl sites for hydroxylation is 1. The molecule has 0 spiro atoms. The molecule has 0 aromatic carbocycles. The quantitative estimate of drug-likeness (QED) is 0.733. The predicted molar refractivity (Wildman–Crippen MR) is 75.4 cm³/mol. The van der Waals surface area contributed by atoms with Crippen molar-refractivity contribution in [2.45, 2.75) is 39.8 Å². The minimum Gasteiger partial charge on any atom is -0.391 e. The number of hydrogen-bond acceptors (Lipinski definition) is 3. The van der Waals surface area contributed by atoms with Crippen molar-refractivity contribution in [3.63, 3.8) is 0 Å². The molecule has 2 N–H and O–H groups in total. The Morgan fingerprint density at radius 3 is 2.95 bits per heavy atom. The van der Waals surface area contributed by atoms with Crippen molar-refractivity contribution >= 4 is 12.0 Å². The van der Waals surface area contributed by atoms with Gasteiger partial charge in [-0.15, -0.1) is 0 Å². The number of imidazole rings is 1. The Kier molecular flexibility index (Phi) is 6.29. The van der Waals surface area contributed by atoms with E-state index in [4.69, 9.17) is 0 Å². The average molecular weight is 265 g/mol. The van der Waals surface area contributed by atoms with Crippen LogP contribution in [0, 0.1) is 5.92 Å². The maximum Gasteiger partial charge on any atom is 0.244 e. The SMILES string of the molecule is CCC(C)C(O)CNC(=O)/C=C/c1nccn1CC. The molecule has 5 nitrogen and oxygen atoms in total. The minimum atomic E-state index is -0.500. The molecule has 1 aromatic heterocycles. The minimum absolute atomic E-state index is 0.184. The Hall–Kier alpha value is -1.62. The fraction of sp³-hybridized carbons (Fsp3) is 0.571. The lowest BCUT2D eigenvalue weighted by Gasteiger charge is -2.16. The van der Waals surface area contributed by atoms with Gasteiger partial charge in [0.05, 0.1) is 6.10 Å². The molecule has 2 unspecified atom stereocenters. The van der Waals surface area contributed by atoms with Crippen molar-refractivity contribution < 1.29 is 9.90 Å². The summed E-state index contributed by atoms with van der Waals surface area (Å²) in [5, 5.41) is 12.4. The summed E-state index contributed by atoms with van der Waals surface area (Å²) in [5.74, 6) is 0.719. The van der Waals surface area contributed by atoms with Gasteiger partial charge in [-0.2, -0.15) is 0 Å². The van der Waals surface area contributed by atoms with E-state index in [1.165, 1.54) is 6.08 Å². The Bertz CT molecular complexity index is 426. The fourth-order valence-corrected chi connectivity index (χ4v) is 1.63. The predicted octanol–water partition coefficient (Wildman–Crippen LogP) is 1.44. The first kappa shape index (κ1) is 15.4. The lowest BCUT2D eigenvalue weighted by molar-refractivity contribution is -0.117. The molecule has 0 saturated carbocycles. The van der Waals surface area contributed by atoms with E-state index in [-0.39, 0.29) is 18.4 Å². The van der Waals surface area contributed by atoms with E-state index in [0.29, 0.717) is 0 Å². The zero-order chi connectivity index (χ0) is 14.3. The highest BCUT2D eigenvalue weighted by atomic mass is 16.3. The molecule has 0 fully saturated rings. The van der Waals surface area contributed by atoms with Crippen LogP contribution in [0.25, 0.3) is 6.08 Å². The van der Waals surface area contributed by atoms with Gasteiger partial charge in [-0.05, 0) is 18.9 Å². The van der Waals surface area contributed by atoms with Gasteiger partial charge in [0.1, 0.15) is 5.82 Å². The largest absolute Gasteiger partial charge is 0.391 e.